The Balaban J connectivity index is 1.43. The summed E-state index contributed by atoms with van der Waals surface area (Å²) in [4.78, 5) is 32.6. The van der Waals surface area contributed by atoms with Crippen LogP contribution in [-0.2, 0) is 11.2 Å². The summed E-state index contributed by atoms with van der Waals surface area (Å²) in [6.07, 6.45) is 7.55. The fraction of sp³-hybridized carbons (Fsp3) is 0.280. The first-order chi connectivity index (χ1) is 14.7. The van der Waals surface area contributed by atoms with Crippen molar-refractivity contribution in [3.8, 4) is 0 Å². The summed E-state index contributed by atoms with van der Waals surface area (Å²) in [5.74, 6) is -0.0814. The second-order valence-corrected chi connectivity index (χ2v) is 8.07. The quantitative estimate of drug-likeness (QED) is 0.674. The molecule has 1 aromatic heterocycles. The van der Waals surface area contributed by atoms with Crippen molar-refractivity contribution in [2.75, 3.05) is 29.4 Å². The third kappa shape index (κ3) is 3.52. The molecule has 0 bridgehead atoms. The number of aromatic amines is 1. The Morgan fingerprint density at radius 1 is 0.967 bits per heavy atom. The van der Waals surface area contributed by atoms with Crippen LogP contribution in [0.4, 0.5) is 11.4 Å². The van der Waals surface area contributed by atoms with Crippen LogP contribution in [0.2, 0.25) is 0 Å². The molecule has 3 aromatic rings. The minimum atomic E-state index is -0.187. The second-order valence-electron chi connectivity index (χ2n) is 8.07. The molecule has 5 rings (SSSR count). The highest BCUT2D eigenvalue weighted by molar-refractivity contribution is 6.05. The maximum absolute atomic E-state index is 13.1. The van der Waals surface area contributed by atoms with E-state index in [1.807, 2.05) is 35.2 Å². The fourth-order valence-electron chi connectivity index (χ4n) is 4.50. The molecule has 1 fully saturated rings. The Morgan fingerprint density at radius 3 is 2.67 bits per heavy atom. The van der Waals surface area contributed by atoms with Crippen LogP contribution in [0.15, 0.2) is 59.4 Å². The van der Waals surface area contributed by atoms with Gasteiger partial charge in [-0.1, -0.05) is 24.3 Å². The van der Waals surface area contributed by atoms with Crippen molar-refractivity contribution >= 4 is 34.3 Å². The number of anilines is 2. The highest BCUT2D eigenvalue weighted by Gasteiger charge is 2.23. The molecular weight excluding hydrogens is 374 g/mol. The molecule has 1 N–H and O–H groups in total. The number of nitrogens with one attached hydrogen (secondary N) is 1. The zero-order valence-corrected chi connectivity index (χ0v) is 16.9. The van der Waals surface area contributed by atoms with Crippen LogP contribution in [-0.4, -0.2) is 30.5 Å². The number of carbonyl (C=O) groups excluding carboxylic acids is 1. The largest absolute Gasteiger partial charge is 0.371 e. The van der Waals surface area contributed by atoms with E-state index in [1.165, 1.54) is 30.2 Å². The van der Waals surface area contributed by atoms with Gasteiger partial charge in [0.15, 0.2) is 0 Å². The van der Waals surface area contributed by atoms with E-state index in [4.69, 9.17) is 0 Å². The van der Waals surface area contributed by atoms with Gasteiger partial charge >= 0.3 is 0 Å². The molecular formula is C25H25N3O2. The van der Waals surface area contributed by atoms with Crippen molar-refractivity contribution in [1.29, 1.82) is 0 Å². The van der Waals surface area contributed by atoms with Gasteiger partial charge in [-0.25, -0.2) is 0 Å². The van der Waals surface area contributed by atoms with E-state index in [0.717, 1.165) is 42.5 Å². The van der Waals surface area contributed by atoms with Gasteiger partial charge in [0.1, 0.15) is 0 Å². The van der Waals surface area contributed by atoms with Gasteiger partial charge in [-0.05, 0) is 67.0 Å². The highest BCUT2D eigenvalue weighted by atomic mass is 16.2. The molecule has 152 valence electrons. The maximum Gasteiger partial charge on any atom is 0.255 e. The predicted octanol–water partition coefficient (Wildman–Crippen LogP) is 4.12. The van der Waals surface area contributed by atoms with Gasteiger partial charge in [0.25, 0.3) is 11.5 Å². The van der Waals surface area contributed by atoms with E-state index in [2.05, 4.69) is 28.1 Å². The van der Waals surface area contributed by atoms with E-state index in [-0.39, 0.29) is 11.5 Å². The molecule has 3 heterocycles. The summed E-state index contributed by atoms with van der Waals surface area (Å²) in [5, 5.41) is 0.947. The Labute approximate surface area is 175 Å². The number of aryl methyl sites for hydroxylation is 1. The minimum absolute atomic E-state index is 0.0814. The van der Waals surface area contributed by atoms with Gasteiger partial charge in [0, 0.05) is 48.2 Å². The molecule has 5 nitrogen and oxygen atoms in total. The minimum Gasteiger partial charge on any atom is -0.371 e. The average molecular weight is 399 g/mol. The Kier molecular flexibility index (Phi) is 4.87. The molecule has 1 amide bonds. The van der Waals surface area contributed by atoms with E-state index in [1.54, 1.807) is 6.08 Å². The van der Waals surface area contributed by atoms with Crippen molar-refractivity contribution in [1.82, 2.24) is 4.98 Å². The van der Waals surface area contributed by atoms with Crippen LogP contribution in [0.3, 0.4) is 0 Å². The number of benzene rings is 2. The van der Waals surface area contributed by atoms with E-state index >= 15 is 0 Å². The number of amides is 1. The Morgan fingerprint density at radius 2 is 1.80 bits per heavy atom. The van der Waals surface area contributed by atoms with E-state index in [0.29, 0.717) is 12.1 Å². The Bertz CT molecular complexity index is 1190. The fourth-order valence-corrected chi connectivity index (χ4v) is 4.50. The Hall–Kier alpha value is -3.34. The number of H-pyrrole nitrogens is 1. The van der Waals surface area contributed by atoms with Crippen molar-refractivity contribution in [2.45, 2.75) is 25.7 Å². The van der Waals surface area contributed by atoms with Crippen LogP contribution < -0.4 is 15.4 Å². The molecule has 2 aliphatic rings. The molecule has 0 unspecified atom stereocenters. The lowest BCUT2D eigenvalue weighted by molar-refractivity contribution is -0.114. The van der Waals surface area contributed by atoms with Gasteiger partial charge in [-0.3, -0.25) is 9.59 Å². The maximum atomic E-state index is 13.1. The molecule has 1 saturated heterocycles. The van der Waals surface area contributed by atoms with Crippen molar-refractivity contribution in [3.05, 3.63) is 76.1 Å². The average Bonchev–Trinajstić information content (AvgIpc) is 3.31. The number of para-hydroxylation sites is 1. The third-order valence-electron chi connectivity index (χ3n) is 6.11. The summed E-state index contributed by atoms with van der Waals surface area (Å²) < 4.78 is 0. The molecule has 0 spiro atoms. The number of nitrogens with zero attached hydrogens (tertiary/aromatic N) is 2. The zero-order valence-electron chi connectivity index (χ0n) is 16.9. The molecule has 30 heavy (non-hydrogen) atoms. The van der Waals surface area contributed by atoms with Crippen molar-refractivity contribution in [3.63, 3.8) is 0 Å². The van der Waals surface area contributed by atoms with Gasteiger partial charge in [0.2, 0.25) is 0 Å². The van der Waals surface area contributed by atoms with Crippen molar-refractivity contribution < 1.29 is 4.79 Å². The second kappa shape index (κ2) is 7.82. The predicted molar refractivity (Wildman–Crippen MR) is 122 cm³/mol. The number of fused-ring (bicyclic) bond motifs is 2. The summed E-state index contributed by atoms with van der Waals surface area (Å²) in [7, 11) is 0. The first-order valence-corrected chi connectivity index (χ1v) is 10.7. The van der Waals surface area contributed by atoms with E-state index < -0.39 is 0 Å². The summed E-state index contributed by atoms with van der Waals surface area (Å²) >= 11 is 0. The van der Waals surface area contributed by atoms with E-state index in [9.17, 15) is 9.59 Å². The van der Waals surface area contributed by atoms with Crippen LogP contribution in [0, 0.1) is 0 Å². The molecule has 5 heteroatoms. The lowest BCUT2D eigenvalue weighted by Gasteiger charge is -2.30. The van der Waals surface area contributed by atoms with Gasteiger partial charge in [0.05, 0.1) is 0 Å². The topological polar surface area (TPSA) is 56.4 Å². The summed E-state index contributed by atoms with van der Waals surface area (Å²) in [6.45, 7) is 2.86. The number of hydrogen-bond donors (Lipinski definition) is 1. The molecule has 2 aromatic carbocycles. The zero-order chi connectivity index (χ0) is 20.5. The monoisotopic (exact) mass is 399 g/mol. The molecule has 0 saturated carbocycles. The molecule has 2 aliphatic heterocycles. The normalized spacial score (nSPS) is 16.4. The van der Waals surface area contributed by atoms with Crippen LogP contribution >= 0.6 is 0 Å². The van der Waals surface area contributed by atoms with Crippen molar-refractivity contribution in [2.24, 2.45) is 0 Å². The van der Waals surface area contributed by atoms with Gasteiger partial charge in [-0.2, -0.15) is 0 Å². The van der Waals surface area contributed by atoms with Crippen LogP contribution in [0.1, 0.15) is 30.4 Å². The number of pyridine rings is 1. The number of aromatic nitrogens is 1. The first kappa shape index (κ1) is 18.7. The lowest BCUT2D eigenvalue weighted by atomic mass is 10.0. The molecule has 0 radical (unpaired) electrons. The number of rotatable bonds is 3. The smallest absolute Gasteiger partial charge is 0.255 e. The SMILES string of the molecule is O=C(/C=C/c1cc2ccccc2[nH]c1=O)N1CCCc2ccc(N3CCCC3)cc21. The van der Waals surface area contributed by atoms with Crippen LogP contribution in [0.5, 0.6) is 0 Å². The standard InChI is InChI=1S/C25H25N3O2/c29-24(12-10-20-16-19-6-1-2-8-22(19)26-25(20)30)28-15-5-7-18-9-11-21(17-23(18)28)27-13-3-4-14-27/h1-2,6,8-12,16-17H,3-5,7,13-15H2,(H,26,30)/b12-10+. The third-order valence-corrected chi connectivity index (χ3v) is 6.11. The molecule has 0 aliphatic carbocycles. The lowest BCUT2D eigenvalue weighted by Crippen LogP contribution is -2.34. The first-order valence-electron chi connectivity index (χ1n) is 10.7. The molecule has 0 atom stereocenters. The van der Waals surface area contributed by atoms with Gasteiger partial charge in [-0.15, -0.1) is 0 Å². The summed E-state index contributed by atoms with van der Waals surface area (Å²) in [6, 6.07) is 16.0. The van der Waals surface area contributed by atoms with Crippen LogP contribution in [0.25, 0.3) is 17.0 Å². The summed E-state index contributed by atoms with van der Waals surface area (Å²) in [5.41, 5.74) is 4.52. The number of carbonyl (C=O) groups is 1. The number of hydrogen-bond acceptors (Lipinski definition) is 3. The highest BCUT2D eigenvalue weighted by Crippen LogP contribution is 2.33. The van der Waals surface area contributed by atoms with Gasteiger partial charge < -0.3 is 14.8 Å².